The van der Waals surface area contributed by atoms with Crippen molar-refractivity contribution in [3.05, 3.63) is 29.8 Å². The van der Waals surface area contributed by atoms with E-state index in [2.05, 4.69) is 6.07 Å². The van der Waals surface area contributed by atoms with Crippen molar-refractivity contribution in [3.63, 3.8) is 0 Å². The lowest BCUT2D eigenvalue weighted by Gasteiger charge is -2.32. The molecule has 0 amide bonds. The van der Waals surface area contributed by atoms with Crippen LogP contribution in [0.3, 0.4) is 0 Å². The van der Waals surface area contributed by atoms with Gasteiger partial charge in [0, 0.05) is 0 Å². The molecular weight excluding hydrogens is 239 g/mol. The molecule has 0 spiro atoms. The van der Waals surface area contributed by atoms with E-state index >= 15 is 0 Å². The van der Waals surface area contributed by atoms with E-state index < -0.39 is 0 Å². The van der Waals surface area contributed by atoms with Crippen LogP contribution in [-0.2, 0) is 15.7 Å². The number of rotatable bonds is 3. The minimum absolute atomic E-state index is 0.321. The highest BCUT2D eigenvalue weighted by molar-refractivity contribution is 6.62. The molecule has 1 aliphatic rings. The summed E-state index contributed by atoms with van der Waals surface area (Å²) in [4.78, 5) is 0. The summed E-state index contributed by atoms with van der Waals surface area (Å²) in [5.41, 5.74) is 1.47. The van der Waals surface area contributed by atoms with Crippen molar-refractivity contribution in [3.8, 4) is 0 Å². The van der Waals surface area contributed by atoms with Gasteiger partial charge in [-0.05, 0) is 52.1 Å². The molecule has 3 nitrogen and oxygen atoms in total. The summed E-state index contributed by atoms with van der Waals surface area (Å²) in [6, 6.07) is 8.06. The lowest BCUT2D eigenvalue weighted by atomic mass is 9.78. The molecule has 0 saturated carbocycles. The molecule has 1 heterocycles. The Balaban J connectivity index is 2.20. The smallest absolute Gasteiger partial charge is 0.399 e. The molecule has 2 rings (SSSR count). The van der Waals surface area contributed by atoms with Crippen LogP contribution in [0, 0.1) is 0 Å². The molecule has 19 heavy (non-hydrogen) atoms. The molecule has 1 fully saturated rings. The highest BCUT2D eigenvalue weighted by Crippen LogP contribution is 2.36. The van der Waals surface area contributed by atoms with Gasteiger partial charge in [0.2, 0.25) is 0 Å². The fraction of sp³-hybridized carbons (Fsp3) is 0.600. The zero-order valence-electron chi connectivity index (χ0n) is 12.4. The van der Waals surface area contributed by atoms with Crippen molar-refractivity contribution in [2.45, 2.75) is 58.3 Å². The van der Waals surface area contributed by atoms with Gasteiger partial charge in [-0.2, -0.15) is 0 Å². The van der Waals surface area contributed by atoms with Crippen LogP contribution in [0.15, 0.2) is 24.3 Å². The van der Waals surface area contributed by atoms with E-state index in [0.29, 0.717) is 6.42 Å². The second-order valence-corrected chi connectivity index (χ2v) is 6.39. The third-order valence-electron chi connectivity index (χ3n) is 4.01. The summed E-state index contributed by atoms with van der Waals surface area (Å²) in [6.07, 6.45) is 0.307. The average molecular weight is 262 g/mol. The maximum absolute atomic E-state index is 9.47. The molecule has 0 radical (unpaired) electrons. The third kappa shape index (κ3) is 3.02. The zero-order chi connectivity index (χ0) is 14.3. The van der Waals surface area contributed by atoms with Gasteiger partial charge in [-0.15, -0.1) is 0 Å². The second kappa shape index (κ2) is 4.93. The first-order valence-electron chi connectivity index (χ1n) is 6.84. The molecule has 1 N–H and O–H groups in total. The van der Waals surface area contributed by atoms with Gasteiger partial charge in [-0.3, -0.25) is 0 Å². The standard InChI is InChI=1S/C15H23BO3/c1-11(17)9-12-7-6-8-13(10-12)16-18-14(2,3)15(4,5)19-16/h6-8,10-11,17H,9H2,1-5H3. The van der Waals surface area contributed by atoms with E-state index in [0.717, 1.165) is 11.0 Å². The summed E-state index contributed by atoms with van der Waals surface area (Å²) in [5.74, 6) is 0. The van der Waals surface area contributed by atoms with Crippen LogP contribution in [0.5, 0.6) is 0 Å². The monoisotopic (exact) mass is 262 g/mol. The van der Waals surface area contributed by atoms with Gasteiger partial charge in [0.25, 0.3) is 0 Å². The van der Waals surface area contributed by atoms with Crippen LogP contribution in [0.25, 0.3) is 0 Å². The topological polar surface area (TPSA) is 38.7 Å². The van der Waals surface area contributed by atoms with E-state index in [-0.39, 0.29) is 24.4 Å². The number of aliphatic hydroxyl groups is 1. The van der Waals surface area contributed by atoms with Gasteiger partial charge in [0.05, 0.1) is 17.3 Å². The van der Waals surface area contributed by atoms with Crippen LogP contribution >= 0.6 is 0 Å². The van der Waals surface area contributed by atoms with Crippen LogP contribution < -0.4 is 5.46 Å². The molecule has 1 aliphatic heterocycles. The summed E-state index contributed by atoms with van der Waals surface area (Å²) < 4.78 is 12.1. The fourth-order valence-electron chi connectivity index (χ4n) is 2.19. The van der Waals surface area contributed by atoms with Crippen molar-refractivity contribution in [1.82, 2.24) is 0 Å². The average Bonchev–Trinajstić information content (AvgIpc) is 2.47. The maximum atomic E-state index is 9.47. The van der Waals surface area contributed by atoms with E-state index in [1.807, 2.05) is 45.9 Å². The van der Waals surface area contributed by atoms with Crippen LogP contribution in [0.4, 0.5) is 0 Å². The summed E-state index contributed by atoms with van der Waals surface area (Å²) in [6.45, 7) is 9.99. The van der Waals surface area contributed by atoms with Crippen molar-refractivity contribution >= 4 is 12.6 Å². The minimum atomic E-state index is -0.339. The van der Waals surface area contributed by atoms with Crippen LogP contribution in [0.2, 0.25) is 0 Å². The fourth-order valence-corrected chi connectivity index (χ4v) is 2.19. The van der Waals surface area contributed by atoms with Gasteiger partial charge in [-0.1, -0.05) is 24.3 Å². The van der Waals surface area contributed by atoms with Crippen molar-refractivity contribution in [2.75, 3.05) is 0 Å². The predicted molar refractivity (Wildman–Crippen MR) is 77.5 cm³/mol. The first kappa shape index (κ1) is 14.6. The van der Waals surface area contributed by atoms with Crippen molar-refractivity contribution < 1.29 is 14.4 Å². The molecule has 0 aliphatic carbocycles. The van der Waals surface area contributed by atoms with Gasteiger partial charge in [0.1, 0.15) is 0 Å². The Labute approximate surface area is 116 Å². The minimum Gasteiger partial charge on any atom is -0.399 e. The molecular formula is C15H23BO3. The molecule has 1 saturated heterocycles. The number of aliphatic hydroxyl groups excluding tert-OH is 1. The molecule has 4 heteroatoms. The highest BCUT2D eigenvalue weighted by Gasteiger charge is 2.51. The van der Waals surface area contributed by atoms with Crippen molar-refractivity contribution in [2.24, 2.45) is 0 Å². The van der Waals surface area contributed by atoms with E-state index in [4.69, 9.17) is 9.31 Å². The van der Waals surface area contributed by atoms with Gasteiger partial charge < -0.3 is 14.4 Å². The molecule has 1 atom stereocenters. The Morgan fingerprint density at radius 3 is 2.26 bits per heavy atom. The highest BCUT2D eigenvalue weighted by atomic mass is 16.7. The number of hydrogen-bond acceptors (Lipinski definition) is 3. The molecule has 1 aromatic rings. The molecule has 104 valence electrons. The maximum Gasteiger partial charge on any atom is 0.494 e. The van der Waals surface area contributed by atoms with E-state index in [1.165, 1.54) is 0 Å². The summed E-state index contributed by atoms with van der Waals surface area (Å²) >= 11 is 0. The summed E-state index contributed by atoms with van der Waals surface area (Å²) in [7, 11) is -0.334. The largest absolute Gasteiger partial charge is 0.494 e. The Kier molecular flexibility index (Phi) is 3.78. The first-order valence-corrected chi connectivity index (χ1v) is 6.84. The molecule has 1 unspecified atom stereocenters. The molecule has 1 aromatic carbocycles. The SMILES string of the molecule is CC(O)Cc1cccc(B2OC(C)(C)C(C)(C)O2)c1. The quantitative estimate of drug-likeness (QED) is 0.846. The predicted octanol–water partition coefficient (Wildman–Crippen LogP) is 1.91. The van der Waals surface area contributed by atoms with Gasteiger partial charge in [0.15, 0.2) is 0 Å². The van der Waals surface area contributed by atoms with Crippen LogP contribution in [0.1, 0.15) is 40.2 Å². The third-order valence-corrected chi connectivity index (χ3v) is 4.01. The Morgan fingerprint density at radius 2 is 1.74 bits per heavy atom. The molecule has 0 aromatic heterocycles. The first-order chi connectivity index (χ1) is 8.71. The van der Waals surface area contributed by atoms with Gasteiger partial charge >= 0.3 is 7.12 Å². The second-order valence-electron chi connectivity index (χ2n) is 6.39. The van der Waals surface area contributed by atoms with E-state index in [1.54, 1.807) is 6.92 Å². The van der Waals surface area contributed by atoms with E-state index in [9.17, 15) is 5.11 Å². The lowest BCUT2D eigenvalue weighted by Crippen LogP contribution is -2.41. The molecule has 0 bridgehead atoms. The number of benzene rings is 1. The summed E-state index contributed by atoms with van der Waals surface area (Å²) in [5, 5.41) is 9.47. The van der Waals surface area contributed by atoms with Crippen molar-refractivity contribution in [1.29, 1.82) is 0 Å². The van der Waals surface area contributed by atoms with Crippen LogP contribution in [-0.4, -0.2) is 29.5 Å². The zero-order valence-corrected chi connectivity index (χ0v) is 12.4. The van der Waals surface area contributed by atoms with Gasteiger partial charge in [-0.25, -0.2) is 0 Å². The lowest BCUT2D eigenvalue weighted by molar-refractivity contribution is 0.00578. The Morgan fingerprint density at radius 1 is 1.16 bits per heavy atom. The normalized spacial score (nSPS) is 22.5. The Hall–Kier alpha value is -0.835. The Bertz CT molecular complexity index is 438. The number of hydrogen-bond donors (Lipinski definition) is 1.